The van der Waals surface area contributed by atoms with Gasteiger partial charge in [0.15, 0.2) is 0 Å². The molecule has 2 atom stereocenters. The van der Waals surface area contributed by atoms with Crippen molar-refractivity contribution in [3.8, 4) is 27.9 Å². The van der Waals surface area contributed by atoms with Crippen molar-refractivity contribution in [1.29, 1.82) is 0 Å². The van der Waals surface area contributed by atoms with Crippen LogP contribution in [0.4, 0.5) is 11.4 Å². The summed E-state index contributed by atoms with van der Waals surface area (Å²) in [7, 11) is 0. The van der Waals surface area contributed by atoms with Crippen molar-refractivity contribution in [2.45, 2.75) is 32.2 Å². The first-order valence-corrected chi connectivity index (χ1v) is 19.0. The van der Waals surface area contributed by atoms with Gasteiger partial charge in [-0.2, -0.15) is 0 Å². The maximum absolute atomic E-state index is 4.36. The number of nitrogens with zero attached hydrogens (tertiary/aromatic N) is 3. The van der Waals surface area contributed by atoms with E-state index >= 15 is 0 Å². The number of pyridine rings is 1. The monoisotopic (exact) mass is 695 g/mol. The number of anilines is 2. The average molecular weight is 696 g/mol. The van der Waals surface area contributed by atoms with Gasteiger partial charge in [0, 0.05) is 45.6 Å². The smallest absolute Gasteiger partial charge is 0.0585 e. The predicted octanol–water partition coefficient (Wildman–Crippen LogP) is 12.9. The highest BCUT2D eigenvalue weighted by atomic mass is 15.2. The summed E-state index contributed by atoms with van der Waals surface area (Å²) in [5, 5.41) is 2.54. The highest BCUT2D eigenvalue weighted by Gasteiger charge is 2.36. The number of aromatic nitrogens is 2. The van der Waals surface area contributed by atoms with Crippen LogP contribution in [0.15, 0.2) is 182 Å². The van der Waals surface area contributed by atoms with E-state index in [2.05, 4.69) is 199 Å². The van der Waals surface area contributed by atoms with Crippen molar-refractivity contribution in [3.63, 3.8) is 0 Å². The Morgan fingerprint density at radius 2 is 1.31 bits per heavy atom. The first-order chi connectivity index (χ1) is 26.5. The molecule has 0 fully saturated rings. The lowest BCUT2D eigenvalue weighted by Crippen LogP contribution is -2.35. The van der Waals surface area contributed by atoms with Gasteiger partial charge in [0.25, 0.3) is 0 Å². The van der Waals surface area contributed by atoms with E-state index in [9.17, 15) is 0 Å². The molecule has 54 heavy (non-hydrogen) atoms. The van der Waals surface area contributed by atoms with Gasteiger partial charge in [-0.1, -0.05) is 130 Å². The molecule has 10 rings (SSSR count). The van der Waals surface area contributed by atoms with E-state index in [1.165, 1.54) is 72.3 Å². The summed E-state index contributed by atoms with van der Waals surface area (Å²) in [5.41, 5.74) is 16.2. The topological polar surface area (TPSA) is 21.1 Å². The molecule has 260 valence electrons. The molecule has 2 aliphatic rings. The molecule has 0 aliphatic heterocycles. The SMILES string of the molecule is CC1C=C(c2ccc3c(c2)c2ccccc2n3-c2ccccc2)C=CC1N(c1ccc(-c2cccnc2)cc1)c1ccc2c(c1)C(C)(C)c1ccccc1-2. The van der Waals surface area contributed by atoms with E-state index in [1.54, 1.807) is 0 Å². The molecule has 3 nitrogen and oxygen atoms in total. The van der Waals surface area contributed by atoms with Crippen LogP contribution in [-0.4, -0.2) is 15.6 Å². The van der Waals surface area contributed by atoms with Gasteiger partial charge in [-0.3, -0.25) is 4.98 Å². The van der Waals surface area contributed by atoms with Gasteiger partial charge in [-0.25, -0.2) is 0 Å². The molecule has 0 spiro atoms. The minimum absolute atomic E-state index is 0.0822. The highest BCUT2D eigenvalue weighted by molar-refractivity contribution is 6.10. The third kappa shape index (κ3) is 5.15. The number of hydrogen-bond acceptors (Lipinski definition) is 2. The number of para-hydroxylation sites is 2. The van der Waals surface area contributed by atoms with Crippen molar-refractivity contribution >= 4 is 38.8 Å². The molecule has 6 aromatic carbocycles. The van der Waals surface area contributed by atoms with Crippen molar-refractivity contribution < 1.29 is 0 Å². The molecule has 0 amide bonds. The zero-order valence-electron chi connectivity index (χ0n) is 30.8. The molecule has 3 heteroatoms. The van der Waals surface area contributed by atoms with Crippen LogP contribution in [0.5, 0.6) is 0 Å². The molecule has 0 N–H and O–H groups in total. The molecule has 0 radical (unpaired) electrons. The lowest BCUT2D eigenvalue weighted by atomic mass is 9.82. The minimum Gasteiger partial charge on any atom is -0.334 e. The van der Waals surface area contributed by atoms with Crippen LogP contribution in [0.3, 0.4) is 0 Å². The Morgan fingerprint density at radius 3 is 2.13 bits per heavy atom. The molecule has 0 bridgehead atoms. The third-order valence-corrected chi connectivity index (χ3v) is 11.8. The molecule has 2 unspecified atom stereocenters. The van der Waals surface area contributed by atoms with Gasteiger partial charge in [-0.15, -0.1) is 0 Å². The Hall–Kier alpha value is -6.45. The molecular weight excluding hydrogens is 655 g/mol. The molecule has 2 heterocycles. The number of allylic oxidation sites excluding steroid dienone is 2. The molecule has 2 aromatic heterocycles. The fraction of sp³-hybridized carbons (Fsp3) is 0.118. The normalized spacial score (nSPS) is 17.0. The first kappa shape index (κ1) is 32.2. The second-order valence-corrected chi connectivity index (χ2v) is 15.3. The minimum atomic E-state index is -0.0822. The largest absolute Gasteiger partial charge is 0.334 e. The standard InChI is InChI=1S/C51H41N3/c1-34-30-36(37-22-28-50-45(31-37)44-16-8-10-18-49(44)54(50)39-13-5-4-6-14-39)21-27-48(34)53(40-23-19-35(20-24-40)38-12-11-29-52-33-38)41-25-26-43-42-15-7-9-17-46(42)51(2,3)47(43)32-41/h4-34,48H,1-3H3. The second-order valence-electron chi connectivity index (χ2n) is 15.3. The van der Waals surface area contributed by atoms with Crippen molar-refractivity contribution in [2.75, 3.05) is 4.90 Å². The summed E-state index contributed by atoms with van der Waals surface area (Å²) in [6.07, 6.45) is 11.0. The van der Waals surface area contributed by atoms with E-state index in [1.807, 2.05) is 18.5 Å². The number of hydrogen-bond donors (Lipinski definition) is 0. The average Bonchev–Trinajstić information content (AvgIpc) is 3.67. The summed E-state index contributed by atoms with van der Waals surface area (Å²) in [6.45, 7) is 7.08. The Kier molecular flexibility index (Phi) is 7.52. The zero-order chi connectivity index (χ0) is 36.4. The van der Waals surface area contributed by atoms with E-state index < -0.39 is 0 Å². The number of rotatable bonds is 6. The fourth-order valence-corrected chi connectivity index (χ4v) is 9.02. The van der Waals surface area contributed by atoms with Crippen LogP contribution in [0.25, 0.3) is 55.3 Å². The Bertz CT molecular complexity index is 2750. The van der Waals surface area contributed by atoms with Crippen LogP contribution < -0.4 is 4.90 Å². The second kappa shape index (κ2) is 12.6. The van der Waals surface area contributed by atoms with Crippen LogP contribution in [0, 0.1) is 5.92 Å². The lowest BCUT2D eigenvalue weighted by Gasteiger charge is -2.37. The summed E-state index contributed by atoms with van der Waals surface area (Å²) in [5.74, 6) is 0.239. The van der Waals surface area contributed by atoms with Crippen LogP contribution in [0.1, 0.15) is 37.5 Å². The summed E-state index contributed by atoms with van der Waals surface area (Å²) >= 11 is 0. The first-order valence-electron chi connectivity index (χ1n) is 19.0. The predicted molar refractivity (Wildman–Crippen MR) is 227 cm³/mol. The molecule has 0 saturated carbocycles. The maximum Gasteiger partial charge on any atom is 0.0585 e. The lowest BCUT2D eigenvalue weighted by molar-refractivity contribution is 0.610. The number of benzene rings is 6. The molecule has 0 saturated heterocycles. The van der Waals surface area contributed by atoms with Gasteiger partial charge in [0.2, 0.25) is 0 Å². The molecule has 2 aliphatic carbocycles. The van der Waals surface area contributed by atoms with E-state index in [0.29, 0.717) is 0 Å². The van der Waals surface area contributed by atoms with Gasteiger partial charge in [-0.05, 0) is 111 Å². The van der Waals surface area contributed by atoms with Gasteiger partial charge >= 0.3 is 0 Å². The van der Waals surface area contributed by atoms with Crippen molar-refractivity contribution in [3.05, 3.63) is 199 Å². The van der Waals surface area contributed by atoms with Crippen molar-refractivity contribution in [2.24, 2.45) is 5.92 Å². The Morgan fingerprint density at radius 1 is 0.593 bits per heavy atom. The van der Waals surface area contributed by atoms with Gasteiger partial charge < -0.3 is 9.47 Å². The van der Waals surface area contributed by atoms with Crippen LogP contribution in [0.2, 0.25) is 0 Å². The Balaban J connectivity index is 1.05. The van der Waals surface area contributed by atoms with E-state index in [4.69, 9.17) is 0 Å². The summed E-state index contributed by atoms with van der Waals surface area (Å²) < 4.78 is 2.38. The maximum atomic E-state index is 4.36. The molecule has 8 aromatic rings. The quantitative estimate of drug-likeness (QED) is 0.173. The highest BCUT2D eigenvalue weighted by Crippen LogP contribution is 2.50. The molecular formula is C51H41N3. The van der Waals surface area contributed by atoms with E-state index in [0.717, 1.165) is 11.1 Å². The third-order valence-electron chi connectivity index (χ3n) is 11.8. The number of fused-ring (bicyclic) bond motifs is 6. The zero-order valence-corrected chi connectivity index (χ0v) is 30.8. The van der Waals surface area contributed by atoms with Crippen LogP contribution >= 0.6 is 0 Å². The van der Waals surface area contributed by atoms with E-state index in [-0.39, 0.29) is 17.4 Å². The van der Waals surface area contributed by atoms with Gasteiger partial charge in [0.1, 0.15) is 0 Å². The fourth-order valence-electron chi connectivity index (χ4n) is 9.02. The van der Waals surface area contributed by atoms with Crippen molar-refractivity contribution in [1.82, 2.24) is 9.55 Å². The van der Waals surface area contributed by atoms with Crippen LogP contribution in [-0.2, 0) is 5.41 Å². The van der Waals surface area contributed by atoms with Gasteiger partial charge in [0.05, 0.1) is 17.1 Å². The Labute approximate surface area is 317 Å². The summed E-state index contributed by atoms with van der Waals surface area (Å²) in [6, 6.07) is 55.6. The summed E-state index contributed by atoms with van der Waals surface area (Å²) in [4.78, 5) is 6.90.